The van der Waals surface area contributed by atoms with Gasteiger partial charge in [0.1, 0.15) is 6.54 Å². The zero-order valence-electron chi connectivity index (χ0n) is 18.0. The molecule has 2 amide bonds. The van der Waals surface area contributed by atoms with E-state index in [1.807, 2.05) is 53.4 Å². The number of hydrogen-bond donors (Lipinski definition) is 2. The average molecular weight is 489 g/mol. The number of halogens is 2. The molecule has 33 heavy (non-hydrogen) atoms. The Hall–Kier alpha value is -2.57. The van der Waals surface area contributed by atoms with E-state index >= 15 is 0 Å². The van der Waals surface area contributed by atoms with Gasteiger partial charge in [-0.1, -0.05) is 47.5 Å². The molecule has 1 saturated carbocycles. The Kier molecular flexibility index (Phi) is 7.25. The molecule has 0 radical (unpaired) electrons. The van der Waals surface area contributed by atoms with Gasteiger partial charge in [0.25, 0.3) is 0 Å². The number of aliphatic carboxylic acids is 1. The quantitative estimate of drug-likeness (QED) is 0.565. The molecule has 1 heterocycles. The lowest BCUT2D eigenvalue weighted by molar-refractivity contribution is -0.146. The molecule has 4 rings (SSSR count). The lowest BCUT2D eigenvalue weighted by Gasteiger charge is -2.45. The molecule has 3 atom stereocenters. The van der Waals surface area contributed by atoms with Crippen molar-refractivity contribution >= 4 is 41.0 Å². The number of carboxylic acid groups (broad SMARTS) is 1. The Balaban J connectivity index is 1.69. The first-order valence-electron chi connectivity index (χ1n) is 11.1. The van der Waals surface area contributed by atoms with E-state index in [2.05, 4.69) is 5.32 Å². The maximum absolute atomic E-state index is 13.6. The van der Waals surface area contributed by atoms with Crippen molar-refractivity contribution < 1.29 is 19.5 Å². The molecule has 8 heteroatoms. The first kappa shape index (κ1) is 23.6. The number of nitrogens with one attached hydrogen (secondary N) is 1. The number of nitrogens with zero attached hydrogens (tertiary/aromatic N) is 1. The van der Waals surface area contributed by atoms with E-state index in [-0.39, 0.29) is 24.3 Å². The smallest absolute Gasteiger partial charge is 0.322 e. The van der Waals surface area contributed by atoms with Crippen LogP contribution in [0.25, 0.3) is 0 Å². The molecule has 1 aliphatic heterocycles. The summed E-state index contributed by atoms with van der Waals surface area (Å²) in [6, 6.07) is 15.0. The SMILES string of the molecule is O=C(O)CNC(=O)C[C@H]1CC(c2cccc(Cl)c2)C(c2ccc(Cl)cc2)N(CC2CC2)C1=O. The normalized spacial score (nSPS) is 22.8. The van der Waals surface area contributed by atoms with E-state index in [9.17, 15) is 14.4 Å². The third kappa shape index (κ3) is 5.87. The molecule has 2 aromatic carbocycles. The first-order chi connectivity index (χ1) is 15.8. The molecule has 174 valence electrons. The molecule has 1 saturated heterocycles. The predicted octanol–water partition coefficient (Wildman–Crippen LogP) is 4.67. The fraction of sp³-hybridized carbons (Fsp3) is 0.400. The second kappa shape index (κ2) is 10.1. The number of carbonyl (C=O) groups is 3. The summed E-state index contributed by atoms with van der Waals surface area (Å²) < 4.78 is 0. The van der Waals surface area contributed by atoms with Gasteiger partial charge in [-0.15, -0.1) is 0 Å². The highest BCUT2D eigenvalue weighted by atomic mass is 35.5. The highest BCUT2D eigenvalue weighted by Gasteiger charge is 2.45. The van der Waals surface area contributed by atoms with Crippen LogP contribution in [0.2, 0.25) is 10.0 Å². The Morgan fingerprint density at radius 2 is 1.76 bits per heavy atom. The maximum Gasteiger partial charge on any atom is 0.322 e. The monoisotopic (exact) mass is 488 g/mol. The molecule has 0 aromatic heterocycles. The fourth-order valence-electron chi connectivity index (χ4n) is 4.68. The minimum Gasteiger partial charge on any atom is -0.480 e. The van der Waals surface area contributed by atoms with Crippen LogP contribution in [0.15, 0.2) is 48.5 Å². The number of benzene rings is 2. The molecular weight excluding hydrogens is 463 g/mol. The molecule has 0 spiro atoms. The molecule has 2 N–H and O–H groups in total. The summed E-state index contributed by atoms with van der Waals surface area (Å²) in [5.41, 5.74) is 2.00. The van der Waals surface area contributed by atoms with Crippen molar-refractivity contribution in [3.8, 4) is 0 Å². The molecule has 2 aliphatic rings. The van der Waals surface area contributed by atoms with Gasteiger partial charge in [-0.2, -0.15) is 0 Å². The highest BCUT2D eigenvalue weighted by molar-refractivity contribution is 6.30. The maximum atomic E-state index is 13.6. The molecular formula is C25H26Cl2N2O4. The second-order valence-corrected chi connectivity index (χ2v) is 9.77. The van der Waals surface area contributed by atoms with Crippen LogP contribution in [0.1, 0.15) is 48.8 Å². The number of likely N-dealkylation sites (tertiary alicyclic amines) is 1. The van der Waals surface area contributed by atoms with Crippen molar-refractivity contribution in [1.29, 1.82) is 0 Å². The van der Waals surface area contributed by atoms with Gasteiger partial charge in [-0.05, 0) is 60.6 Å². The van der Waals surface area contributed by atoms with Crippen molar-refractivity contribution in [3.05, 3.63) is 69.7 Å². The number of rotatable bonds is 8. The topological polar surface area (TPSA) is 86.7 Å². The van der Waals surface area contributed by atoms with Crippen LogP contribution in [0.4, 0.5) is 0 Å². The minimum absolute atomic E-state index is 0.0440. The van der Waals surface area contributed by atoms with E-state index < -0.39 is 24.3 Å². The molecule has 2 fully saturated rings. The standard InChI is InChI=1S/C25H26Cl2N2O4/c26-19-8-6-16(7-9-19)24-21(17-2-1-3-20(27)10-17)11-18(12-22(30)28-13-23(31)32)25(33)29(24)14-15-4-5-15/h1-3,6-10,15,18,21,24H,4-5,11-14H2,(H,28,30)(H,31,32)/t18-,21?,24?/m1/s1. The van der Waals surface area contributed by atoms with Gasteiger partial charge in [0.15, 0.2) is 0 Å². The molecule has 1 aliphatic carbocycles. The van der Waals surface area contributed by atoms with E-state index in [0.717, 1.165) is 24.0 Å². The minimum atomic E-state index is -1.12. The van der Waals surface area contributed by atoms with Crippen LogP contribution in [0, 0.1) is 11.8 Å². The van der Waals surface area contributed by atoms with Crippen LogP contribution in [0.5, 0.6) is 0 Å². The van der Waals surface area contributed by atoms with Crippen molar-refractivity contribution in [2.75, 3.05) is 13.1 Å². The second-order valence-electron chi connectivity index (χ2n) is 8.90. The zero-order valence-corrected chi connectivity index (χ0v) is 19.6. The van der Waals surface area contributed by atoms with Crippen molar-refractivity contribution in [3.63, 3.8) is 0 Å². The average Bonchev–Trinajstić information content (AvgIpc) is 3.60. The molecule has 0 bridgehead atoms. The van der Waals surface area contributed by atoms with Gasteiger partial charge in [0.2, 0.25) is 11.8 Å². The van der Waals surface area contributed by atoms with Crippen LogP contribution in [-0.2, 0) is 14.4 Å². The lowest BCUT2D eigenvalue weighted by Crippen LogP contribution is -2.48. The summed E-state index contributed by atoms with van der Waals surface area (Å²) in [5.74, 6) is -1.76. The highest BCUT2D eigenvalue weighted by Crippen LogP contribution is 2.48. The van der Waals surface area contributed by atoms with Gasteiger partial charge in [0, 0.05) is 34.8 Å². The van der Waals surface area contributed by atoms with Gasteiger partial charge in [0.05, 0.1) is 6.04 Å². The zero-order chi connectivity index (χ0) is 23.5. The van der Waals surface area contributed by atoms with Gasteiger partial charge in [-0.3, -0.25) is 14.4 Å². The summed E-state index contributed by atoms with van der Waals surface area (Å²) in [7, 11) is 0. The van der Waals surface area contributed by atoms with Gasteiger partial charge < -0.3 is 15.3 Å². The number of carbonyl (C=O) groups excluding carboxylic acids is 2. The van der Waals surface area contributed by atoms with Crippen LogP contribution in [-0.4, -0.2) is 40.9 Å². The Morgan fingerprint density at radius 1 is 1.03 bits per heavy atom. The fourth-order valence-corrected chi connectivity index (χ4v) is 5.00. The van der Waals surface area contributed by atoms with Gasteiger partial charge in [-0.25, -0.2) is 0 Å². The molecule has 2 unspecified atom stereocenters. The Morgan fingerprint density at radius 3 is 2.39 bits per heavy atom. The number of hydrogen-bond acceptors (Lipinski definition) is 3. The van der Waals surface area contributed by atoms with E-state index in [1.165, 1.54) is 0 Å². The van der Waals surface area contributed by atoms with Crippen LogP contribution >= 0.6 is 23.2 Å². The van der Waals surface area contributed by atoms with Crippen molar-refractivity contribution in [2.45, 2.75) is 37.6 Å². The third-order valence-corrected chi connectivity index (χ3v) is 6.88. The lowest BCUT2D eigenvalue weighted by atomic mass is 9.74. The first-order valence-corrected chi connectivity index (χ1v) is 11.9. The van der Waals surface area contributed by atoms with Crippen molar-refractivity contribution in [1.82, 2.24) is 10.2 Å². The summed E-state index contributed by atoms with van der Waals surface area (Å²) in [4.78, 5) is 38.8. The van der Waals surface area contributed by atoms with Crippen LogP contribution < -0.4 is 5.32 Å². The number of amides is 2. The molecule has 2 aromatic rings. The predicted molar refractivity (Wildman–Crippen MR) is 126 cm³/mol. The summed E-state index contributed by atoms with van der Waals surface area (Å²) >= 11 is 12.4. The number of carboxylic acids is 1. The Bertz CT molecular complexity index is 1040. The summed E-state index contributed by atoms with van der Waals surface area (Å²) in [6.07, 6.45) is 2.59. The van der Waals surface area contributed by atoms with Gasteiger partial charge >= 0.3 is 5.97 Å². The number of piperidine rings is 1. The van der Waals surface area contributed by atoms with E-state index in [1.54, 1.807) is 0 Å². The summed E-state index contributed by atoms with van der Waals surface area (Å²) in [5, 5.41) is 12.5. The molecule has 6 nitrogen and oxygen atoms in total. The van der Waals surface area contributed by atoms with E-state index in [0.29, 0.717) is 28.9 Å². The van der Waals surface area contributed by atoms with Crippen molar-refractivity contribution in [2.24, 2.45) is 11.8 Å². The van der Waals surface area contributed by atoms with E-state index in [4.69, 9.17) is 28.3 Å². The summed E-state index contributed by atoms with van der Waals surface area (Å²) in [6.45, 7) is 0.174. The Labute approximate surface area is 202 Å². The van der Waals surface area contributed by atoms with Crippen LogP contribution in [0.3, 0.4) is 0 Å². The third-order valence-electron chi connectivity index (χ3n) is 6.40. The largest absolute Gasteiger partial charge is 0.480 e.